The molecule has 1 aliphatic heterocycles. The fourth-order valence-corrected chi connectivity index (χ4v) is 3.19. The molecule has 10 heteroatoms. The van der Waals surface area contributed by atoms with Crippen LogP contribution < -0.4 is 14.8 Å². The Balaban J connectivity index is 1.82. The van der Waals surface area contributed by atoms with Crippen LogP contribution in [0.2, 0.25) is 0 Å². The predicted molar refractivity (Wildman–Crippen MR) is 112 cm³/mol. The van der Waals surface area contributed by atoms with Gasteiger partial charge < -0.3 is 23.9 Å². The summed E-state index contributed by atoms with van der Waals surface area (Å²) in [7, 11) is 2.69. The Labute approximate surface area is 186 Å². The molecule has 160 valence electrons. The number of hydrogen-bond acceptors (Lipinski definition) is 7. The Hall–Kier alpha value is -3.71. The number of carbonyl (C=O) groups excluding carboxylic acids is 3. The fraction of sp³-hybridized carbons (Fsp3) is 0.190. The summed E-state index contributed by atoms with van der Waals surface area (Å²) in [5, 5.41) is 2.52. The summed E-state index contributed by atoms with van der Waals surface area (Å²) in [5.74, 6) is 2.22. The molecule has 0 aliphatic carbocycles. The van der Waals surface area contributed by atoms with E-state index in [-0.39, 0.29) is 30.4 Å². The normalized spacial score (nSPS) is 14.4. The second-order valence-corrected chi connectivity index (χ2v) is 7.01. The molecule has 9 nitrogen and oxygen atoms in total. The summed E-state index contributed by atoms with van der Waals surface area (Å²) in [4.78, 5) is 37.5. The van der Waals surface area contributed by atoms with Crippen molar-refractivity contribution in [3.63, 3.8) is 0 Å². The zero-order chi connectivity index (χ0) is 22.5. The van der Waals surface area contributed by atoms with Crippen molar-refractivity contribution in [2.24, 2.45) is 0 Å². The summed E-state index contributed by atoms with van der Waals surface area (Å²) in [6.45, 7) is -0.0838. The largest absolute Gasteiger partial charge is 0.493 e. The van der Waals surface area contributed by atoms with E-state index in [2.05, 4.69) is 31.9 Å². The van der Waals surface area contributed by atoms with Gasteiger partial charge in [-0.3, -0.25) is 9.69 Å². The minimum Gasteiger partial charge on any atom is -0.493 e. The predicted octanol–water partition coefficient (Wildman–Crippen LogP) is 2.94. The van der Waals surface area contributed by atoms with Gasteiger partial charge in [-0.05, 0) is 35.9 Å². The topological polar surface area (TPSA) is 107 Å². The number of rotatable bonds is 7. The summed E-state index contributed by atoms with van der Waals surface area (Å²) in [5.41, 5.74) is 0.631. The fourth-order valence-electron chi connectivity index (χ4n) is 2.75. The number of nitrogens with one attached hydrogen (secondary N) is 1. The molecule has 2 heterocycles. The van der Waals surface area contributed by atoms with Crippen LogP contribution in [-0.4, -0.2) is 43.6 Å². The second kappa shape index (κ2) is 9.40. The molecule has 1 N–H and O–H groups in total. The maximum Gasteiger partial charge on any atom is 0.373 e. The molecule has 0 spiro atoms. The SMILES string of the molecule is C#CCOc1cc(Br)c(/C=C2\NC(=O)N(Cc3ccc(C(=O)OC)o3)C2=O)cc1OC. The number of terminal acetylenes is 1. The van der Waals surface area contributed by atoms with Gasteiger partial charge in [0.05, 0.1) is 20.8 Å². The van der Waals surface area contributed by atoms with Gasteiger partial charge in [0.1, 0.15) is 18.1 Å². The van der Waals surface area contributed by atoms with E-state index in [1.165, 1.54) is 32.4 Å². The molecule has 1 fully saturated rings. The van der Waals surface area contributed by atoms with Crippen molar-refractivity contribution in [2.75, 3.05) is 20.8 Å². The summed E-state index contributed by atoms with van der Waals surface area (Å²) in [6, 6.07) is 5.57. The van der Waals surface area contributed by atoms with Gasteiger partial charge in [-0.15, -0.1) is 6.42 Å². The van der Waals surface area contributed by atoms with Crippen LogP contribution in [-0.2, 0) is 16.1 Å². The monoisotopic (exact) mass is 488 g/mol. The number of hydrogen-bond donors (Lipinski definition) is 1. The highest BCUT2D eigenvalue weighted by Crippen LogP contribution is 2.35. The Kier molecular flexibility index (Phi) is 6.67. The maximum absolute atomic E-state index is 12.7. The van der Waals surface area contributed by atoms with Gasteiger partial charge in [-0.2, -0.15) is 0 Å². The molecule has 1 aliphatic rings. The van der Waals surface area contributed by atoms with Crippen LogP contribution in [0, 0.1) is 12.3 Å². The van der Waals surface area contributed by atoms with Gasteiger partial charge in [0.15, 0.2) is 11.5 Å². The molecule has 0 saturated carbocycles. The molecule has 0 unspecified atom stereocenters. The standard InChI is InChI=1S/C21H17BrN2O7/c1-4-7-30-18-10-14(22)12(9-17(18)28-2)8-15-19(25)24(21(27)23-15)11-13-5-6-16(31-13)20(26)29-3/h1,5-6,8-10H,7,11H2,2-3H3,(H,23,27)/b15-8-. The van der Waals surface area contributed by atoms with Crippen molar-refractivity contribution >= 4 is 39.9 Å². The van der Waals surface area contributed by atoms with E-state index in [4.69, 9.17) is 20.3 Å². The van der Waals surface area contributed by atoms with Gasteiger partial charge in [0.2, 0.25) is 5.76 Å². The maximum atomic E-state index is 12.7. The van der Waals surface area contributed by atoms with Gasteiger partial charge in [0, 0.05) is 4.47 Å². The summed E-state index contributed by atoms with van der Waals surface area (Å²) in [6.07, 6.45) is 6.72. The number of esters is 1. The first kappa shape index (κ1) is 22.0. The molecular formula is C21H17BrN2O7. The lowest BCUT2D eigenvalue weighted by atomic mass is 10.1. The first-order valence-corrected chi connectivity index (χ1v) is 9.62. The zero-order valence-corrected chi connectivity index (χ0v) is 18.1. The molecule has 3 amide bonds. The molecule has 1 aromatic carbocycles. The van der Waals surface area contributed by atoms with Crippen LogP contribution in [0.3, 0.4) is 0 Å². The number of furan rings is 1. The Morgan fingerprint density at radius 1 is 1.29 bits per heavy atom. The van der Waals surface area contributed by atoms with Crippen molar-refractivity contribution in [2.45, 2.75) is 6.54 Å². The van der Waals surface area contributed by atoms with Crippen LogP contribution in [0.5, 0.6) is 11.5 Å². The summed E-state index contributed by atoms with van der Waals surface area (Å²) < 4.78 is 21.2. The van der Waals surface area contributed by atoms with Crippen molar-refractivity contribution < 1.29 is 33.0 Å². The smallest absolute Gasteiger partial charge is 0.373 e. The third-order valence-corrected chi connectivity index (χ3v) is 4.91. The van der Waals surface area contributed by atoms with E-state index in [0.717, 1.165) is 4.90 Å². The molecule has 1 aromatic heterocycles. The van der Waals surface area contributed by atoms with Gasteiger partial charge in [0.25, 0.3) is 5.91 Å². The highest BCUT2D eigenvalue weighted by Gasteiger charge is 2.34. The highest BCUT2D eigenvalue weighted by atomic mass is 79.9. The van der Waals surface area contributed by atoms with E-state index in [1.807, 2.05) is 0 Å². The average Bonchev–Trinajstić information content (AvgIpc) is 3.33. The highest BCUT2D eigenvalue weighted by molar-refractivity contribution is 9.10. The third-order valence-electron chi connectivity index (χ3n) is 4.22. The van der Waals surface area contributed by atoms with Crippen molar-refractivity contribution in [3.05, 3.63) is 51.5 Å². The molecule has 3 rings (SSSR count). The first-order chi connectivity index (χ1) is 14.9. The zero-order valence-electron chi connectivity index (χ0n) is 16.6. The number of methoxy groups -OCH3 is 2. The third kappa shape index (κ3) is 4.73. The lowest BCUT2D eigenvalue weighted by Crippen LogP contribution is -2.30. The molecule has 2 aromatic rings. The van der Waals surface area contributed by atoms with Crippen molar-refractivity contribution in [1.29, 1.82) is 0 Å². The number of amides is 3. The quantitative estimate of drug-likeness (QED) is 0.276. The summed E-state index contributed by atoms with van der Waals surface area (Å²) >= 11 is 3.41. The number of carbonyl (C=O) groups is 3. The van der Waals surface area contributed by atoms with E-state index >= 15 is 0 Å². The van der Waals surface area contributed by atoms with Crippen LogP contribution in [0.1, 0.15) is 21.9 Å². The van der Waals surface area contributed by atoms with Crippen molar-refractivity contribution in [1.82, 2.24) is 10.2 Å². The van der Waals surface area contributed by atoms with E-state index < -0.39 is 17.9 Å². The van der Waals surface area contributed by atoms with E-state index in [0.29, 0.717) is 21.5 Å². The molecular weight excluding hydrogens is 472 g/mol. The lowest BCUT2D eigenvalue weighted by molar-refractivity contribution is -0.123. The lowest BCUT2D eigenvalue weighted by Gasteiger charge is -2.11. The number of nitrogens with zero attached hydrogens (tertiary/aromatic N) is 1. The minimum atomic E-state index is -0.655. The molecule has 1 saturated heterocycles. The van der Waals surface area contributed by atoms with Crippen LogP contribution >= 0.6 is 15.9 Å². The molecule has 0 bridgehead atoms. The number of benzene rings is 1. The van der Waals surface area contributed by atoms with Gasteiger partial charge in [-0.25, -0.2) is 9.59 Å². The second-order valence-electron chi connectivity index (χ2n) is 6.15. The van der Waals surface area contributed by atoms with E-state index in [9.17, 15) is 14.4 Å². The Morgan fingerprint density at radius 2 is 2.06 bits per heavy atom. The molecule has 31 heavy (non-hydrogen) atoms. The minimum absolute atomic E-state index is 0.0245. The molecule has 0 radical (unpaired) electrons. The van der Waals surface area contributed by atoms with E-state index in [1.54, 1.807) is 12.1 Å². The molecule has 0 atom stereocenters. The number of ether oxygens (including phenoxy) is 3. The number of halogens is 1. The van der Waals surface area contributed by atoms with Crippen LogP contribution in [0.4, 0.5) is 4.79 Å². The Bertz CT molecular complexity index is 1110. The van der Waals surface area contributed by atoms with Crippen molar-refractivity contribution in [3.8, 4) is 23.8 Å². The van der Waals surface area contributed by atoms with Gasteiger partial charge >= 0.3 is 12.0 Å². The van der Waals surface area contributed by atoms with Gasteiger partial charge in [-0.1, -0.05) is 21.9 Å². The first-order valence-electron chi connectivity index (χ1n) is 8.83. The number of urea groups is 1. The average molecular weight is 489 g/mol. The Morgan fingerprint density at radius 3 is 2.74 bits per heavy atom. The number of imide groups is 1. The van der Waals surface area contributed by atoms with Crippen LogP contribution in [0.15, 0.2) is 38.9 Å². The van der Waals surface area contributed by atoms with Crippen LogP contribution in [0.25, 0.3) is 6.08 Å².